The van der Waals surface area contributed by atoms with E-state index in [1.807, 2.05) is 37.4 Å². The number of amides is 1. The Hall–Kier alpha value is -1.36. The van der Waals surface area contributed by atoms with Crippen LogP contribution in [0.25, 0.3) is 5.65 Å². The lowest BCUT2D eigenvalue weighted by molar-refractivity contribution is 0.0947. The summed E-state index contributed by atoms with van der Waals surface area (Å²) < 4.78 is 2.79. The fraction of sp³-hybridized carbons (Fsp3) is 0.385. The van der Waals surface area contributed by atoms with Crippen LogP contribution in [0, 0.1) is 13.8 Å². The minimum Gasteiger partial charge on any atom is -0.351 e. The topological polar surface area (TPSA) is 46.4 Å². The van der Waals surface area contributed by atoms with Gasteiger partial charge in [0.25, 0.3) is 5.91 Å². The van der Waals surface area contributed by atoms with Crippen molar-refractivity contribution in [1.82, 2.24) is 14.7 Å². The van der Waals surface area contributed by atoms with Crippen LogP contribution in [-0.4, -0.2) is 21.8 Å². The molecule has 2 heterocycles. The summed E-state index contributed by atoms with van der Waals surface area (Å²) in [5.41, 5.74) is 3.24. The predicted molar refractivity (Wildman–Crippen MR) is 75.0 cm³/mol. The van der Waals surface area contributed by atoms with Crippen LogP contribution in [0.5, 0.6) is 0 Å². The normalized spacial score (nSPS) is 10.9. The Bertz CT molecular complexity index is 604. The molecule has 0 spiro atoms. The van der Waals surface area contributed by atoms with E-state index in [-0.39, 0.29) is 5.91 Å². The zero-order chi connectivity index (χ0) is 13.3. The summed E-state index contributed by atoms with van der Waals surface area (Å²) in [4.78, 5) is 16.6. The molecule has 0 saturated heterocycles. The maximum atomic E-state index is 12.1. The van der Waals surface area contributed by atoms with E-state index in [4.69, 9.17) is 0 Å². The van der Waals surface area contributed by atoms with E-state index in [2.05, 4.69) is 26.2 Å². The minimum atomic E-state index is -0.0700. The number of hydrogen-bond acceptors (Lipinski definition) is 2. The molecule has 0 fully saturated rings. The van der Waals surface area contributed by atoms with E-state index in [1.165, 1.54) is 0 Å². The molecule has 0 aromatic carbocycles. The second-order valence-corrected chi connectivity index (χ2v) is 5.25. The second-order valence-electron chi connectivity index (χ2n) is 4.34. The first-order chi connectivity index (χ1) is 8.54. The van der Waals surface area contributed by atoms with Gasteiger partial charge in [0.1, 0.15) is 11.3 Å². The van der Waals surface area contributed by atoms with Gasteiger partial charge < -0.3 is 5.32 Å². The average molecular weight is 310 g/mol. The number of imidazole rings is 1. The Morgan fingerprint density at radius 3 is 2.89 bits per heavy atom. The fourth-order valence-electron chi connectivity index (χ4n) is 1.98. The molecule has 1 amide bonds. The van der Waals surface area contributed by atoms with E-state index in [1.54, 1.807) is 0 Å². The lowest BCUT2D eigenvalue weighted by atomic mass is 10.3. The molecule has 2 rings (SSSR count). The Balaban J connectivity index is 2.56. The summed E-state index contributed by atoms with van der Waals surface area (Å²) in [6.45, 7) is 6.56. The molecule has 0 aliphatic carbocycles. The van der Waals surface area contributed by atoms with Crippen molar-refractivity contribution in [3.8, 4) is 0 Å². The van der Waals surface area contributed by atoms with Gasteiger partial charge in [-0.2, -0.15) is 0 Å². The Kier molecular flexibility index (Phi) is 3.71. The third-order valence-corrected chi connectivity index (χ3v) is 3.23. The lowest BCUT2D eigenvalue weighted by Crippen LogP contribution is -2.26. The fourth-order valence-corrected chi connectivity index (χ4v) is 2.53. The van der Waals surface area contributed by atoms with Crippen molar-refractivity contribution in [3.63, 3.8) is 0 Å². The number of pyridine rings is 1. The summed E-state index contributed by atoms with van der Waals surface area (Å²) in [6.07, 6.45) is 2.80. The summed E-state index contributed by atoms with van der Waals surface area (Å²) in [7, 11) is 0. The molecular weight excluding hydrogens is 294 g/mol. The molecule has 2 aromatic heterocycles. The highest BCUT2D eigenvalue weighted by Gasteiger charge is 2.17. The largest absolute Gasteiger partial charge is 0.351 e. The summed E-state index contributed by atoms with van der Waals surface area (Å²) in [5, 5.41) is 2.89. The number of aromatic nitrogens is 2. The highest BCUT2D eigenvalue weighted by Crippen LogP contribution is 2.20. The number of halogens is 1. The number of carbonyl (C=O) groups is 1. The van der Waals surface area contributed by atoms with Crippen molar-refractivity contribution in [2.75, 3.05) is 6.54 Å². The maximum absolute atomic E-state index is 12.1. The van der Waals surface area contributed by atoms with Crippen LogP contribution >= 0.6 is 15.9 Å². The third kappa shape index (κ3) is 2.27. The molecule has 2 aromatic rings. The highest BCUT2D eigenvalue weighted by atomic mass is 79.9. The lowest BCUT2D eigenvalue weighted by Gasteiger charge is -2.05. The van der Waals surface area contributed by atoms with Crippen molar-refractivity contribution >= 4 is 27.5 Å². The van der Waals surface area contributed by atoms with Crippen molar-refractivity contribution < 1.29 is 4.79 Å². The molecule has 18 heavy (non-hydrogen) atoms. The molecule has 0 radical (unpaired) electrons. The Morgan fingerprint density at radius 1 is 1.50 bits per heavy atom. The van der Waals surface area contributed by atoms with Crippen LogP contribution in [0.3, 0.4) is 0 Å². The number of rotatable bonds is 3. The van der Waals surface area contributed by atoms with Gasteiger partial charge in [0, 0.05) is 17.2 Å². The van der Waals surface area contributed by atoms with Crippen LogP contribution in [-0.2, 0) is 0 Å². The highest BCUT2D eigenvalue weighted by molar-refractivity contribution is 9.10. The van der Waals surface area contributed by atoms with Gasteiger partial charge in [-0.1, -0.05) is 6.92 Å². The van der Waals surface area contributed by atoms with Gasteiger partial charge in [-0.25, -0.2) is 4.98 Å². The number of hydrogen-bond donors (Lipinski definition) is 1. The zero-order valence-corrected chi connectivity index (χ0v) is 12.3. The van der Waals surface area contributed by atoms with Crippen LogP contribution in [0.4, 0.5) is 0 Å². The van der Waals surface area contributed by atoms with Gasteiger partial charge in [0.15, 0.2) is 0 Å². The van der Waals surface area contributed by atoms with E-state index < -0.39 is 0 Å². The SMILES string of the molecule is CCCNC(=O)c1c(C)nc2c(C)cc(Br)cn12. The van der Waals surface area contributed by atoms with Crippen molar-refractivity contribution in [2.45, 2.75) is 27.2 Å². The molecule has 0 atom stereocenters. The van der Waals surface area contributed by atoms with Crippen LogP contribution in [0.2, 0.25) is 0 Å². The van der Waals surface area contributed by atoms with Crippen molar-refractivity contribution in [2.24, 2.45) is 0 Å². The smallest absolute Gasteiger partial charge is 0.270 e. The first kappa shape index (κ1) is 13.1. The van der Waals surface area contributed by atoms with Crippen LogP contribution in [0.15, 0.2) is 16.7 Å². The molecule has 0 unspecified atom stereocenters. The monoisotopic (exact) mass is 309 g/mol. The van der Waals surface area contributed by atoms with Gasteiger partial charge >= 0.3 is 0 Å². The first-order valence-electron chi connectivity index (χ1n) is 5.97. The standard InChI is InChI=1S/C13H16BrN3O/c1-4-5-15-13(18)11-9(3)16-12-8(2)6-10(14)7-17(11)12/h6-7H,4-5H2,1-3H3,(H,15,18). The molecule has 0 aliphatic heterocycles. The molecule has 96 valence electrons. The van der Waals surface area contributed by atoms with Gasteiger partial charge in [0.2, 0.25) is 0 Å². The summed E-state index contributed by atoms with van der Waals surface area (Å²) >= 11 is 3.45. The van der Waals surface area contributed by atoms with E-state index in [9.17, 15) is 4.79 Å². The molecule has 0 aliphatic rings. The Morgan fingerprint density at radius 2 is 2.22 bits per heavy atom. The van der Waals surface area contributed by atoms with Crippen molar-refractivity contribution in [1.29, 1.82) is 0 Å². The van der Waals surface area contributed by atoms with Gasteiger partial charge in [-0.15, -0.1) is 0 Å². The number of nitrogens with zero attached hydrogens (tertiary/aromatic N) is 2. The first-order valence-corrected chi connectivity index (χ1v) is 6.77. The van der Waals surface area contributed by atoms with Gasteiger partial charge in [-0.3, -0.25) is 9.20 Å². The van der Waals surface area contributed by atoms with E-state index in [0.717, 1.165) is 27.8 Å². The second kappa shape index (κ2) is 5.10. The van der Waals surface area contributed by atoms with E-state index in [0.29, 0.717) is 12.2 Å². The number of fused-ring (bicyclic) bond motifs is 1. The molecule has 0 saturated carbocycles. The average Bonchev–Trinajstić information content (AvgIpc) is 2.63. The molecular formula is C13H16BrN3O. The predicted octanol–water partition coefficient (Wildman–Crippen LogP) is 2.85. The van der Waals surface area contributed by atoms with Gasteiger partial charge in [0.05, 0.1) is 5.69 Å². The number of aryl methyl sites for hydroxylation is 2. The zero-order valence-electron chi connectivity index (χ0n) is 10.7. The minimum absolute atomic E-state index is 0.0700. The number of carbonyl (C=O) groups excluding carboxylic acids is 1. The van der Waals surface area contributed by atoms with Crippen molar-refractivity contribution in [3.05, 3.63) is 33.7 Å². The summed E-state index contributed by atoms with van der Waals surface area (Å²) in [5.74, 6) is -0.0700. The molecule has 4 nitrogen and oxygen atoms in total. The maximum Gasteiger partial charge on any atom is 0.270 e. The van der Waals surface area contributed by atoms with Crippen LogP contribution < -0.4 is 5.32 Å². The molecule has 0 bridgehead atoms. The summed E-state index contributed by atoms with van der Waals surface area (Å²) in [6, 6.07) is 2.00. The third-order valence-electron chi connectivity index (χ3n) is 2.80. The quantitative estimate of drug-likeness (QED) is 0.947. The molecule has 1 N–H and O–H groups in total. The van der Waals surface area contributed by atoms with Crippen LogP contribution in [0.1, 0.15) is 35.1 Å². The number of nitrogens with one attached hydrogen (secondary N) is 1. The van der Waals surface area contributed by atoms with E-state index >= 15 is 0 Å². The molecule has 5 heteroatoms. The van der Waals surface area contributed by atoms with Gasteiger partial charge in [-0.05, 0) is 47.8 Å². The Labute approximate surface area is 115 Å².